The predicted octanol–water partition coefficient (Wildman–Crippen LogP) is 0.774. The summed E-state index contributed by atoms with van der Waals surface area (Å²) in [6.07, 6.45) is 0. The Labute approximate surface area is 88.8 Å². The van der Waals surface area contributed by atoms with Gasteiger partial charge in [-0.25, -0.2) is 0 Å². The number of rotatable bonds is 4. The highest BCUT2D eigenvalue weighted by Gasteiger charge is 2.39. The summed E-state index contributed by atoms with van der Waals surface area (Å²) in [5.41, 5.74) is 1.04. The van der Waals surface area contributed by atoms with Crippen LogP contribution in [0.25, 0.3) is 0 Å². The fourth-order valence-corrected chi connectivity index (χ4v) is 1.40. The molecule has 1 aliphatic rings. The molecule has 0 atom stereocenters. The van der Waals surface area contributed by atoms with E-state index in [-0.39, 0.29) is 0 Å². The topological polar surface area (TPSA) is 61.6 Å². The molecule has 1 fully saturated rings. The van der Waals surface area contributed by atoms with E-state index in [1.807, 2.05) is 0 Å². The van der Waals surface area contributed by atoms with E-state index < -0.39 is 5.79 Å². The maximum atomic E-state index is 5.45. The SMILES string of the molecule is CON=C(C)C(=NOC)C1(C)OCCO1. The first-order valence-corrected chi connectivity index (χ1v) is 4.61. The molecular formula is C9H16N2O4. The zero-order valence-electron chi connectivity index (χ0n) is 9.44. The Bertz CT molecular complexity index is 269. The lowest BCUT2D eigenvalue weighted by Gasteiger charge is -2.22. The first-order valence-electron chi connectivity index (χ1n) is 4.61. The summed E-state index contributed by atoms with van der Waals surface area (Å²) in [5, 5.41) is 7.63. The highest BCUT2D eigenvalue weighted by Crippen LogP contribution is 2.21. The van der Waals surface area contributed by atoms with Crippen LogP contribution in [0.4, 0.5) is 0 Å². The van der Waals surface area contributed by atoms with Crippen molar-refractivity contribution in [2.75, 3.05) is 27.4 Å². The van der Waals surface area contributed by atoms with Crippen LogP contribution in [0.5, 0.6) is 0 Å². The third-order valence-corrected chi connectivity index (χ3v) is 2.02. The van der Waals surface area contributed by atoms with Crippen molar-refractivity contribution in [2.24, 2.45) is 10.3 Å². The van der Waals surface area contributed by atoms with Gasteiger partial charge in [0.2, 0.25) is 5.79 Å². The van der Waals surface area contributed by atoms with Crippen molar-refractivity contribution in [3.8, 4) is 0 Å². The van der Waals surface area contributed by atoms with Crippen LogP contribution in [0, 0.1) is 0 Å². The molecule has 6 nitrogen and oxygen atoms in total. The summed E-state index contributed by atoms with van der Waals surface area (Å²) in [6.45, 7) is 4.57. The highest BCUT2D eigenvalue weighted by molar-refractivity contribution is 6.43. The lowest BCUT2D eigenvalue weighted by molar-refractivity contribution is -0.0820. The van der Waals surface area contributed by atoms with E-state index in [0.717, 1.165) is 0 Å². The Kier molecular flexibility index (Phi) is 4.05. The maximum Gasteiger partial charge on any atom is 0.214 e. The molecule has 0 aromatic rings. The smallest absolute Gasteiger partial charge is 0.214 e. The van der Waals surface area contributed by atoms with Crippen molar-refractivity contribution in [3.05, 3.63) is 0 Å². The van der Waals surface area contributed by atoms with Gasteiger partial charge in [0.15, 0.2) is 5.71 Å². The molecule has 0 radical (unpaired) electrons. The molecule has 1 saturated heterocycles. The summed E-state index contributed by atoms with van der Waals surface area (Å²) in [4.78, 5) is 9.42. The van der Waals surface area contributed by atoms with Crippen LogP contribution < -0.4 is 0 Å². The van der Waals surface area contributed by atoms with Crippen LogP contribution in [0.2, 0.25) is 0 Å². The fraction of sp³-hybridized carbons (Fsp3) is 0.778. The van der Waals surface area contributed by atoms with Crippen LogP contribution >= 0.6 is 0 Å². The number of oxime groups is 2. The Hall–Kier alpha value is -1.14. The predicted molar refractivity (Wildman–Crippen MR) is 54.9 cm³/mol. The quantitative estimate of drug-likeness (QED) is 0.514. The molecule has 0 amide bonds. The second-order valence-electron chi connectivity index (χ2n) is 3.12. The van der Waals surface area contributed by atoms with Crippen molar-refractivity contribution in [1.82, 2.24) is 0 Å². The molecular weight excluding hydrogens is 200 g/mol. The van der Waals surface area contributed by atoms with Gasteiger partial charge in [-0.05, 0) is 13.8 Å². The van der Waals surface area contributed by atoms with E-state index in [4.69, 9.17) is 14.3 Å². The molecule has 0 bridgehead atoms. The number of nitrogens with zero attached hydrogens (tertiary/aromatic N) is 2. The zero-order valence-corrected chi connectivity index (χ0v) is 9.44. The molecule has 0 aliphatic carbocycles. The summed E-state index contributed by atoms with van der Waals surface area (Å²) in [6, 6.07) is 0. The van der Waals surface area contributed by atoms with Gasteiger partial charge in [-0.1, -0.05) is 10.3 Å². The van der Waals surface area contributed by atoms with Crippen LogP contribution in [0.1, 0.15) is 13.8 Å². The summed E-state index contributed by atoms with van der Waals surface area (Å²) >= 11 is 0. The van der Waals surface area contributed by atoms with Crippen LogP contribution in [0.3, 0.4) is 0 Å². The van der Waals surface area contributed by atoms with Crippen molar-refractivity contribution in [1.29, 1.82) is 0 Å². The standard InChI is InChI=1S/C9H16N2O4/c1-7(10-12-3)8(11-13-4)9(2)14-5-6-15-9/h5-6H2,1-4H3. The molecule has 0 aromatic carbocycles. The number of hydrogen-bond acceptors (Lipinski definition) is 6. The Morgan fingerprint density at radius 3 is 2.13 bits per heavy atom. The van der Waals surface area contributed by atoms with Crippen molar-refractivity contribution in [3.63, 3.8) is 0 Å². The first-order chi connectivity index (χ1) is 7.14. The first kappa shape index (κ1) is 11.9. The van der Waals surface area contributed by atoms with E-state index in [2.05, 4.69) is 15.1 Å². The van der Waals surface area contributed by atoms with Crippen LogP contribution in [-0.4, -0.2) is 44.6 Å². The average Bonchev–Trinajstić information content (AvgIpc) is 2.62. The van der Waals surface area contributed by atoms with Gasteiger partial charge in [-0.15, -0.1) is 0 Å². The Morgan fingerprint density at radius 1 is 1.13 bits per heavy atom. The molecule has 6 heteroatoms. The average molecular weight is 216 g/mol. The zero-order chi connectivity index (χ0) is 11.3. The van der Waals surface area contributed by atoms with E-state index in [1.54, 1.807) is 13.8 Å². The summed E-state index contributed by atoms with van der Waals surface area (Å²) in [5.74, 6) is -0.901. The largest absolute Gasteiger partial charge is 0.399 e. The van der Waals surface area contributed by atoms with Gasteiger partial charge in [-0.2, -0.15) is 0 Å². The lowest BCUT2D eigenvalue weighted by atomic mass is 10.1. The minimum Gasteiger partial charge on any atom is -0.399 e. The van der Waals surface area contributed by atoms with Gasteiger partial charge in [0, 0.05) is 0 Å². The van der Waals surface area contributed by atoms with E-state index in [9.17, 15) is 0 Å². The third kappa shape index (κ3) is 2.66. The second kappa shape index (κ2) is 5.09. The van der Waals surface area contributed by atoms with E-state index in [1.165, 1.54) is 14.2 Å². The van der Waals surface area contributed by atoms with Gasteiger partial charge in [0.25, 0.3) is 0 Å². The van der Waals surface area contributed by atoms with E-state index >= 15 is 0 Å². The van der Waals surface area contributed by atoms with Crippen molar-refractivity contribution >= 4 is 11.4 Å². The van der Waals surface area contributed by atoms with Crippen LogP contribution in [-0.2, 0) is 19.1 Å². The number of ether oxygens (including phenoxy) is 2. The monoisotopic (exact) mass is 216 g/mol. The minimum absolute atomic E-state index is 0.476. The third-order valence-electron chi connectivity index (χ3n) is 2.02. The maximum absolute atomic E-state index is 5.45. The van der Waals surface area contributed by atoms with Gasteiger partial charge in [-0.3, -0.25) is 0 Å². The lowest BCUT2D eigenvalue weighted by Crippen LogP contribution is -2.41. The minimum atomic E-state index is -0.901. The van der Waals surface area contributed by atoms with Crippen LogP contribution in [0.15, 0.2) is 10.3 Å². The molecule has 0 saturated carbocycles. The molecule has 0 aromatic heterocycles. The molecule has 0 spiro atoms. The number of hydrogen-bond donors (Lipinski definition) is 0. The Balaban J connectivity index is 2.92. The van der Waals surface area contributed by atoms with Gasteiger partial charge >= 0.3 is 0 Å². The highest BCUT2D eigenvalue weighted by atomic mass is 16.7. The molecule has 86 valence electrons. The summed E-state index contributed by atoms with van der Waals surface area (Å²) in [7, 11) is 2.92. The molecule has 1 rings (SSSR count). The van der Waals surface area contributed by atoms with Gasteiger partial charge < -0.3 is 19.1 Å². The van der Waals surface area contributed by atoms with Crippen molar-refractivity contribution < 1.29 is 19.1 Å². The molecule has 15 heavy (non-hydrogen) atoms. The normalized spacial score (nSPS) is 21.6. The molecule has 0 N–H and O–H groups in total. The Morgan fingerprint density at radius 2 is 1.67 bits per heavy atom. The molecule has 1 heterocycles. The van der Waals surface area contributed by atoms with Gasteiger partial charge in [0.1, 0.15) is 19.9 Å². The van der Waals surface area contributed by atoms with Gasteiger partial charge in [0.05, 0.1) is 13.2 Å². The molecule has 0 unspecified atom stereocenters. The molecule has 1 aliphatic heterocycles. The van der Waals surface area contributed by atoms with Crippen molar-refractivity contribution in [2.45, 2.75) is 19.6 Å². The summed E-state index contributed by atoms with van der Waals surface area (Å²) < 4.78 is 10.9. The fourth-order valence-electron chi connectivity index (χ4n) is 1.40. The van der Waals surface area contributed by atoms with E-state index in [0.29, 0.717) is 24.6 Å². The second-order valence-corrected chi connectivity index (χ2v) is 3.12.